The number of benzene rings is 2. The number of rotatable bonds is 3. The third-order valence-electron chi connectivity index (χ3n) is 2.61. The lowest BCUT2D eigenvalue weighted by atomic mass is 10.0. The maximum atomic E-state index is 12.3. The van der Waals surface area contributed by atoms with Crippen molar-refractivity contribution in [2.24, 2.45) is 0 Å². The Labute approximate surface area is 123 Å². The van der Waals surface area contributed by atoms with Gasteiger partial charge in [-0.1, -0.05) is 11.6 Å². The predicted molar refractivity (Wildman–Crippen MR) is 71.8 cm³/mol. The minimum absolute atomic E-state index is 0.276. The van der Waals surface area contributed by atoms with Gasteiger partial charge in [-0.05, 0) is 35.9 Å². The third-order valence-corrected chi connectivity index (χ3v) is 2.94. The highest BCUT2D eigenvalue weighted by Crippen LogP contribution is 2.36. The molecule has 2 aromatic rings. The zero-order chi connectivity index (χ0) is 15.6. The monoisotopic (exact) mass is 318 g/mol. The molecule has 0 bridgehead atoms. The highest BCUT2D eigenvalue weighted by Gasteiger charge is 2.31. The minimum Gasteiger partial charge on any atom is -0.508 e. The Morgan fingerprint density at radius 1 is 1.05 bits per heavy atom. The fourth-order valence-electron chi connectivity index (χ4n) is 1.78. The van der Waals surface area contributed by atoms with E-state index in [1.807, 2.05) is 0 Å². The lowest BCUT2D eigenvalue weighted by Gasteiger charge is -2.12. The second kappa shape index (κ2) is 5.73. The zero-order valence-electron chi connectivity index (χ0n) is 10.7. The number of phenols is 1. The number of ether oxygens (including phenoxy) is 2. The summed E-state index contributed by atoms with van der Waals surface area (Å²) in [5, 5.41) is 9.85. The van der Waals surface area contributed by atoms with E-state index >= 15 is 0 Å². The Morgan fingerprint density at radius 2 is 1.76 bits per heavy atom. The van der Waals surface area contributed by atoms with Crippen molar-refractivity contribution in [2.45, 2.75) is 6.36 Å². The van der Waals surface area contributed by atoms with Crippen LogP contribution in [0.5, 0.6) is 17.2 Å². The minimum atomic E-state index is -4.84. The van der Waals surface area contributed by atoms with Crippen LogP contribution in [0, 0.1) is 0 Å². The van der Waals surface area contributed by atoms with E-state index in [1.54, 1.807) is 18.2 Å². The number of phenolic OH excluding ortho intramolecular Hbond substituents is 1. The molecule has 7 heteroatoms. The zero-order valence-corrected chi connectivity index (χ0v) is 11.5. The summed E-state index contributed by atoms with van der Waals surface area (Å²) in [5.41, 5.74) is 0.692. The second-order valence-corrected chi connectivity index (χ2v) is 4.52. The molecule has 21 heavy (non-hydrogen) atoms. The molecule has 0 spiro atoms. The van der Waals surface area contributed by atoms with Gasteiger partial charge in [0.15, 0.2) is 0 Å². The van der Waals surface area contributed by atoms with Gasteiger partial charge in [0.25, 0.3) is 0 Å². The second-order valence-electron chi connectivity index (χ2n) is 4.11. The van der Waals surface area contributed by atoms with Gasteiger partial charge in [0.05, 0.1) is 7.11 Å². The van der Waals surface area contributed by atoms with Gasteiger partial charge < -0.3 is 14.6 Å². The molecule has 0 unspecified atom stereocenters. The number of hydrogen-bond donors (Lipinski definition) is 1. The van der Waals surface area contributed by atoms with Crippen LogP contribution in [0.2, 0.25) is 5.02 Å². The lowest BCUT2D eigenvalue weighted by Crippen LogP contribution is -2.17. The van der Waals surface area contributed by atoms with Gasteiger partial charge in [-0.15, -0.1) is 13.2 Å². The number of alkyl halides is 3. The predicted octanol–water partition coefficient (Wildman–Crippen LogP) is 4.62. The summed E-state index contributed by atoms with van der Waals surface area (Å²) in [6.45, 7) is 0. The quantitative estimate of drug-likeness (QED) is 0.897. The topological polar surface area (TPSA) is 38.7 Å². The molecule has 0 aliphatic rings. The summed E-state index contributed by atoms with van der Waals surface area (Å²) in [4.78, 5) is 0. The van der Waals surface area contributed by atoms with E-state index in [4.69, 9.17) is 16.3 Å². The average molecular weight is 319 g/mol. The molecule has 0 atom stereocenters. The average Bonchev–Trinajstić information content (AvgIpc) is 2.36. The summed E-state index contributed by atoms with van der Waals surface area (Å²) >= 11 is 6.03. The molecule has 3 nitrogen and oxygen atoms in total. The van der Waals surface area contributed by atoms with E-state index in [9.17, 15) is 18.3 Å². The van der Waals surface area contributed by atoms with E-state index in [-0.39, 0.29) is 11.3 Å². The molecular formula is C14H10ClF3O3. The SMILES string of the molecule is COc1ccc(Cl)c(-c2cc(O)cc(OC(F)(F)F)c2)c1. The van der Waals surface area contributed by atoms with Crippen LogP contribution in [-0.4, -0.2) is 18.6 Å². The third kappa shape index (κ3) is 3.95. The largest absolute Gasteiger partial charge is 0.573 e. The Bertz CT molecular complexity index is 656. The Morgan fingerprint density at radius 3 is 2.38 bits per heavy atom. The first-order valence-electron chi connectivity index (χ1n) is 5.72. The van der Waals surface area contributed by atoms with Crippen molar-refractivity contribution in [3.63, 3.8) is 0 Å². The van der Waals surface area contributed by atoms with Gasteiger partial charge in [-0.2, -0.15) is 0 Å². The van der Waals surface area contributed by atoms with E-state index in [1.165, 1.54) is 13.2 Å². The van der Waals surface area contributed by atoms with Crippen LogP contribution < -0.4 is 9.47 Å². The molecule has 2 aromatic carbocycles. The lowest BCUT2D eigenvalue weighted by molar-refractivity contribution is -0.274. The van der Waals surface area contributed by atoms with Gasteiger partial charge in [-0.25, -0.2) is 0 Å². The molecule has 0 aromatic heterocycles. The molecule has 0 radical (unpaired) electrons. The highest BCUT2D eigenvalue weighted by molar-refractivity contribution is 6.33. The maximum absolute atomic E-state index is 12.3. The van der Waals surface area contributed by atoms with Crippen molar-refractivity contribution in [3.8, 4) is 28.4 Å². The van der Waals surface area contributed by atoms with Crippen molar-refractivity contribution < 1.29 is 27.8 Å². The fourth-order valence-corrected chi connectivity index (χ4v) is 2.01. The van der Waals surface area contributed by atoms with Crippen molar-refractivity contribution in [2.75, 3.05) is 7.11 Å². The Kier molecular flexibility index (Phi) is 4.18. The molecule has 0 saturated carbocycles. The molecule has 2 rings (SSSR count). The molecule has 0 heterocycles. The van der Waals surface area contributed by atoms with Crippen LogP contribution in [0.3, 0.4) is 0 Å². The molecule has 0 saturated heterocycles. The molecule has 0 aliphatic heterocycles. The fraction of sp³-hybridized carbons (Fsp3) is 0.143. The summed E-state index contributed by atoms with van der Waals surface area (Å²) in [5.74, 6) is -0.418. The van der Waals surface area contributed by atoms with Crippen molar-refractivity contribution >= 4 is 11.6 Å². The van der Waals surface area contributed by atoms with Gasteiger partial charge in [0.1, 0.15) is 17.2 Å². The van der Waals surface area contributed by atoms with Crippen LogP contribution in [0.1, 0.15) is 0 Å². The van der Waals surface area contributed by atoms with Crippen LogP contribution in [-0.2, 0) is 0 Å². The molecule has 0 aliphatic carbocycles. The molecule has 112 valence electrons. The first-order valence-corrected chi connectivity index (χ1v) is 6.10. The van der Waals surface area contributed by atoms with Crippen molar-refractivity contribution in [3.05, 3.63) is 41.4 Å². The molecule has 0 amide bonds. The summed E-state index contributed by atoms with van der Waals surface area (Å²) in [7, 11) is 1.45. The van der Waals surface area contributed by atoms with E-state index in [2.05, 4.69) is 4.74 Å². The number of methoxy groups -OCH3 is 1. The number of hydrogen-bond acceptors (Lipinski definition) is 3. The van der Waals surface area contributed by atoms with Crippen LogP contribution in [0.15, 0.2) is 36.4 Å². The van der Waals surface area contributed by atoms with Crippen LogP contribution in [0.25, 0.3) is 11.1 Å². The van der Waals surface area contributed by atoms with E-state index in [0.29, 0.717) is 16.3 Å². The highest BCUT2D eigenvalue weighted by atomic mass is 35.5. The summed E-state index contributed by atoms with van der Waals surface area (Å²) in [6, 6.07) is 7.99. The van der Waals surface area contributed by atoms with Gasteiger partial charge >= 0.3 is 6.36 Å². The van der Waals surface area contributed by atoms with Crippen LogP contribution in [0.4, 0.5) is 13.2 Å². The van der Waals surface area contributed by atoms with Gasteiger partial charge in [0, 0.05) is 16.7 Å². The molecule has 1 N–H and O–H groups in total. The van der Waals surface area contributed by atoms with Gasteiger partial charge in [0.2, 0.25) is 0 Å². The summed E-state index contributed by atoms with van der Waals surface area (Å²) < 4.78 is 45.6. The van der Waals surface area contributed by atoms with Gasteiger partial charge in [-0.3, -0.25) is 0 Å². The Balaban J connectivity index is 2.49. The number of halogens is 4. The van der Waals surface area contributed by atoms with E-state index in [0.717, 1.165) is 12.1 Å². The normalized spacial score (nSPS) is 11.3. The molecular weight excluding hydrogens is 309 g/mol. The Hall–Kier alpha value is -2.08. The molecule has 0 fully saturated rings. The van der Waals surface area contributed by atoms with Crippen LogP contribution >= 0.6 is 11.6 Å². The number of aromatic hydroxyl groups is 1. The van der Waals surface area contributed by atoms with Crippen molar-refractivity contribution in [1.29, 1.82) is 0 Å². The summed E-state index contributed by atoms with van der Waals surface area (Å²) in [6.07, 6.45) is -4.84. The first-order chi connectivity index (χ1) is 9.78. The van der Waals surface area contributed by atoms with E-state index < -0.39 is 12.1 Å². The maximum Gasteiger partial charge on any atom is 0.573 e. The van der Waals surface area contributed by atoms with Crippen molar-refractivity contribution in [1.82, 2.24) is 0 Å². The standard InChI is InChI=1S/C14H10ClF3O3/c1-20-10-2-3-13(15)12(7-10)8-4-9(19)6-11(5-8)21-14(16,17)18/h2-7,19H,1H3. The first kappa shape index (κ1) is 15.3. The smallest absolute Gasteiger partial charge is 0.508 e.